The summed E-state index contributed by atoms with van der Waals surface area (Å²) in [5.74, 6) is 2.64. The predicted molar refractivity (Wildman–Crippen MR) is 95.4 cm³/mol. The van der Waals surface area contributed by atoms with Gasteiger partial charge in [0.25, 0.3) is 5.56 Å². The number of H-pyrrole nitrogens is 2. The van der Waals surface area contributed by atoms with Gasteiger partial charge in [-0.3, -0.25) is 9.89 Å². The van der Waals surface area contributed by atoms with Gasteiger partial charge in [-0.15, -0.1) is 0 Å². The summed E-state index contributed by atoms with van der Waals surface area (Å²) in [5, 5.41) is 10.1. The summed E-state index contributed by atoms with van der Waals surface area (Å²) in [6.45, 7) is 6.13. The van der Waals surface area contributed by atoms with Crippen molar-refractivity contribution in [3.8, 4) is 11.4 Å². The first-order valence-electron chi connectivity index (χ1n) is 8.34. The molecular formula is C18H23N5O2. The Hall–Kier alpha value is -2.83. The molecular weight excluding hydrogens is 318 g/mol. The van der Waals surface area contributed by atoms with Crippen LogP contribution in [0.25, 0.3) is 5.69 Å². The van der Waals surface area contributed by atoms with Gasteiger partial charge in [-0.25, -0.2) is 9.67 Å². The second-order valence-electron chi connectivity index (χ2n) is 6.49. The van der Waals surface area contributed by atoms with Crippen molar-refractivity contribution in [3.05, 3.63) is 57.5 Å². The molecule has 3 aromatic rings. The molecule has 0 fully saturated rings. The number of hydrogen-bond donors (Lipinski definition) is 2. The third-order valence-electron chi connectivity index (χ3n) is 4.05. The largest absolute Gasteiger partial charge is 0.494 e. The van der Waals surface area contributed by atoms with Crippen LogP contribution in [0, 0.1) is 12.8 Å². The van der Waals surface area contributed by atoms with Crippen molar-refractivity contribution < 1.29 is 4.74 Å². The van der Waals surface area contributed by atoms with Crippen LogP contribution in [0.3, 0.4) is 0 Å². The first-order valence-corrected chi connectivity index (χ1v) is 8.34. The molecule has 0 radical (unpaired) electrons. The second kappa shape index (κ2) is 6.96. The molecule has 0 spiro atoms. The highest BCUT2D eigenvalue weighted by molar-refractivity contribution is 5.46. The molecule has 0 saturated heterocycles. The Morgan fingerprint density at radius 2 is 2.00 bits per heavy atom. The van der Waals surface area contributed by atoms with Crippen LogP contribution in [0.1, 0.15) is 36.8 Å². The van der Waals surface area contributed by atoms with Gasteiger partial charge in [-0.2, -0.15) is 5.10 Å². The highest BCUT2D eigenvalue weighted by atomic mass is 16.5. The summed E-state index contributed by atoms with van der Waals surface area (Å²) in [4.78, 5) is 16.7. The number of aromatic nitrogens is 5. The minimum absolute atomic E-state index is 0.127. The van der Waals surface area contributed by atoms with Crippen LogP contribution in [-0.4, -0.2) is 32.1 Å². The number of methoxy groups -OCH3 is 1. The lowest BCUT2D eigenvalue weighted by Gasteiger charge is -2.10. The maximum absolute atomic E-state index is 12.0. The van der Waals surface area contributed by atoms with Crippen LogP contribution in [0.5, 0.6) is 5.75 Å². The van der Waals surface area contributed by atoms with E-state index in [1.54, 1.807) is 11.8 Å². The molecule has 0 aliphatic rings. The zero-order valence-corrected chi connectivity index (χ0v) is 15.0. The van der Waals surface area contributed by atoms with E-state index >= 15 is 0 Å². The summed E-state index contributed by atoms with van der Waals surface area (Å²) >= 11 is 0. The summed E-state index contributed by atoms with van der Waals surface area (Å²) in [5.41, 5.74) is 2.16. The number of rotatable bonds is 6. The number of nitrogens with one attached hydrogen (secondary N) is 2. The Labute approximate surface area is 146 Å². The molecule has 2 heterocycles. The maximum Gasteiger partial charge on any atom is 0.267 e. The number of aryl methyl sites for hydroxylation is 1. The number of aromatic amines is 2. The van der Waals surface area contributed by atoms with Gasteiger partial charge in [0.2, 0.25) is 0 Å². The standard InChI is InChI=1S/C18H23N5O2/c1-11(2)9-16-19-17(10-13-12(3)20-21-18(13)24)23(22-16)14-7-5-6-8-15(14)25-4/h5-8,11H,9-10H2,1-4H3,(H2,20,21,24). The molecule has 2 aromatic heterocycles. The lowest BCUT2D eigenvalue weighted by molar-refractivity contribution is 0.411. The van der Waals surface area contributed by atoms with Crippen molar-refractivity contribution in [3.63, 3.8) is 0 Å². The van der Waals surface area contributed by atoms with Gasteiger partial charge in [-0.1, -0.05) is 26.0 Å². The minimum Gasteiger partial charge on any atom is -0.494 e. The first-order chi connectivity index (χ1) is 12.0. The van der Waals surface area contributed by atoms with Gasteiger partial charge < -0.3 is 9.84 Å². The quantitative estimate of drug-likeness (QED) is 0.720. The number of benzene rings is 1. The van der Waals surface area contributed by atoms with Crippen LogP contribution in [-0.2, 0) is 12.8 Å². The predicted octanol–water partition coefficient (Wildman–Crippen LogP) is 2.39. The molecule has 7 nitrogen and oxygen atoms in total. The molecule has 0 atom stereocenters. The van der Waals surface area contributed by atoms with Crippen molar-refractivity contribution in [2.45, 2.75) is 33.6 Å². The van der Waals surface area contributed by atoms with E-state index in [2.05, 4.69) is 34.1 Å². The third kappa shape index (κ3) is 3.50. The second-order valence-corrected chi connectivity index (χ2v) is 6.49. The van der Waals surface area contributed by atoms with Gasteiger partial charge >= 0.3 is 0 Å². The van der Waals surface area contributed by atoms with Gasteiger partial charge in [-0.05, 0) is 25.0 Å². The van der Waals surface area contributed by atoms with E-state index in [0.29, 0.717) is 29.5 Å². The van der Waals surface area contributed by atoms with Crippen LogP contribution >= 0.6 is 0 Å². The molecule has 25 heavy (non-hydrogen) atoms. The summed E-state index contributed by atoms with van der Waals surface area (Å²) in [6, 6.07) is 7.66. The van der Waals surface area contributed by atoms with Gasteiger partial charge in [0.1, 0.15) is 17.3 Å². The first kappa shape index (κ1) is 17.0. The molecule has 2 N–H and O–H groups in total. The Morgan fingerprint density at radius 1 is 1.24 bits per heavy atom. The lowest BCUT2D eigenvalue weighted by Crippen LogP contribution is -2.11. The summed E-state index contributed by atoms with van der Waals surface area (Å²) < 4.78 is 7.25. The molecule has 0 bridgehead atoms. The highest BCUT2D eigenvalue weighted by Gasteiger charge is 2.18. The van der Waals surface area contributed by atoms with Crippen molar-refractivity contribution in [1.29, 1.82) is 0 Å². The molecule has 1 aromatic carbocycles. The van der Waals surface area contributed by atoms with Gasteiger partial charge in [0, 0.05) is 24.1 Å². The Balaban J connectivity index is 2.09. The smallest absolute Gasteiger partial charge is 0.267 e. The Kier molecular flexibility index (Phi) is 4.74. The fourth-order valence-electron chi connectivity index (χ4n) is 2.80. The number of hydrogen-bond acceptors (Lipinski definition) is 4. The molecule has 3 rings (SSSR count). The van der Waals surface area contributed by atoms with Crippen molar-refractivity contribution in [2.75, 3.05) is 7.11 Å². The van der Waals surface area contributed by atoms with E-state index in [9.17, 15) is 4.79 Å². The van der Waals surface area contributed by atoms with Crippen molar-refractivity contribution in [1.82, 2.24) is 25.0 Å². The Bertz CT molecular complexity index is 920. The Morgan fingerprint density at radius 3 is 2.64 bits per heavy atom. The number of nitrogens with zero attached hydrogens (tertiary/aromatic N) is 3. The van der Waals surface area contributed by atoms with Crippen LogP contribution in [0.15, 0.2) is 29.1 Å². The average molecular weight is 341 g/mol. The normalized spacial score (nSPS) is 11.2. The third-order valence-corrected chi connectivity index (χ3v) is 4.05. The minimum atomic E-state index is -0.127. The summed E-state index contributed by atoms with van der Waals surface area (Å²) in [6.07, 6.45) is 1.17. The average Bonchev–Trinajstić information content (AvgIpc) is 3.12. The maximum atomic E-state index is 12.0. The van der Waals surface area contributed by atoms with Gasteiger partial charge in [0.05, 0.1) is 7.11 Å². The van der Waals surface area contributed by atoms with Crippen LogP contribution in [0.4, 0.5) is 0 Å². The zero-order valence-electron chi connectivity index (χ0n) is 15.0. The fraction of sp³-hybridized carbons (Fsp3) is 0.389. The van der Waals surface area contributed by atoms with Gasteiger partial charge in [0.15, 0.2) is 5.82 Å². The highest BCUT2D eigenvalue weighted by Crippen LogP contribution is 2.24. The zero-order chi connectivity index (χ0) is 18.0. The van der Waals surface area contributed by atoms with Crippen LogP contribution < -0.4 is 10.3 Å². The SMILES string of the molecule is COc1ccccc1-n1nc(CC(C)C)nc1Cc1c(C)[nH][nH]c1=O. The van der Waals surface area contributed by atoms with E-state index in [4.69, 9.17) is 4.74 Å². The summed E-state index contributed by atoms with van der Waals surface area (Å²) in [7, 11) is 1.63. The molecule has 0 saturated carbocycles. The topological polar surface area (TPSA) is 88.6 Å². The van der Waals surface area contributed by atoms with E-state index in [1.165, 1.54) is 0 Å². The van der Waals surface area contributed by atoms with Crippen molar-refractivity contribution >= 4 is 0 Å². The van der Waals surface area contributed by atoms with Crippen LogP contribution in [0.2, 0.25) is 0 Å². The van der Waals surface area contributed by atoms with E-state index < -0.39 is 0 Å². The molecule has 0 amide bonds. The van der Waals surface area contributed by atoms with Crippen molar-refractivity contribution in [2.24, 2.45) is 5.92 Å². The van der Waals surface area contributed by atoms with E-state index in [0.717, 1.165) is 23.6 Å². The lowest BCUT2D eigenvalue weighted by atomic mass is 10.1. The van der Waals surface area contributed by atoms with E-state index in [-0.39, 0.29) is 5.56 Å². The molecule has 0 aliphatic heterocycles. The number of para-hydroxylation sites is 2. The fourth-order valence-corrected chi connectivity index (χ4v) is 2.80. The molecule has 132 valence electrons. The number of ether oxygens (including phenoxy) is 1. The van der Waals surface area contributed by atoms with E-state index in [1.807, 2.05) is 31.2 Å². The molecule has 0 unspecified atom stereocenters. The molecule has 7 heteroatoms. The molecule has 0 aliphatic carbocycles. The monoisotopic (exact) mass is 341 g/mol.